The van der Waals surface area contributed by atoms with E-state index in [2.05, 4.69) is 47.2 Å². The Balaban J connectivity index is 2.10. The molecule has 0 aliphatic rings. The Morgan fingerprint density at radius 1 is 1.03 bits per heavy atom. The summed E-state index contributed by atoms with van der Waals surface area (Å²) in [5.41, 5.74) is 3.38. The smallest absolute Gasteiger partial charge is 0.242 e. The summed E-state index contributed by atoms with van der Waals surface area (Å²) in [5.74, 6) is 1.39. The molecule has 0 aromatic heterocycles. The largest absolute Gasteiger partial charge is 0.354 e. The number of nitrogens with one attached hydrogen (secondary N) is 1. The highest BCUT2D eigenvalue weighted by molar-refractivity contribution is 9.10. The predicted octanol–water partition coefficient (Wildman–Crippen LogP) is 5.57. The van der Waals surface area contributed by atoms with Crippen LogP contribution >= 0.6 is 27.7 Å². The number of hydrogen-bond donors (Lipinski definition) is 1. The standard InChI is InChI=1S/C25H33BrN2O2S/c1-5-23(25(30)27-14-18(2)3)28(15-20-8-6-19(4)7-9-20)24(29)17-31-16-21-10-12-22(26)13-11-21/h6-13,18,23H,5,14-17H2,1-4H3,(H,27,30)/t23-/m0/s1. The van der Waals surface area contributed by atoms with Crippen molar-refractivity contribution in [2.75, 3.05) is 12.3 Å². The SMILES string of the molecule is CC[C@@H](C(=O)NCC(C)C)N(Cc1ccc(C)cc1)C(=O)CSCc1ccc(Br)cc1. The summed E-state index contributed by atoms with van der Waals surface area (Å²) in [7, 11) is 0. The Morgan fingerprint density at radius 2 is 1.65 bits per heavy atom. The third-order valence-electron chi connectivity index (χ3n) is 4.95. The molecule has 0 radical (unpaired) electrons. The number of rotatable bonds is 11. The van der Waals surface area contributed by atoms with Gasteiger partial charge in [-0.25, -0.2) is 0 Å². The van der Waals surface area contributed by atoms with E-state index in [4.69, 9.17) is 0 Å². The van der Waals surface area contributed by atoms with Crippen LogP contribution in [0.15, 0.2) is 53.0 Å². The fourth-order valence-electron chi connectivity index (χ4n) is 3.15. The molecule has 4 nitrogen and oxygen atoms in total. The van der Waals surface area contributed by atoms with E-state index in [0.717, 1.165) is 15.8 Å². The molecule has 2 amide bonds. The fourth-order valence-corrected chi connectivity index (χ4v) is 4.29. The van der Waals surface area contributed by atoms with Crippen molar-refractivity contribution in [3.63, 3.8) is 0 Å². The van der Waals surface area contributed by atoms with Crippen molar-refractivity contribution >= 4 is 39.5 Å². The maximum atomic E-state index is 13.2. The number of carbonyl (C=O) groups excluding carboxylic acids is 2. The van der Waals surface area contributed by atoms with E-state index in [-0.39, 0.29) is 11.8 Å². The van der Waals surface area contributed by atoms with Gasteiger partial charge in [-0.1, -0.05) is 78.7 Å². The predicted molar refractivity (Wildman–Crippen MR) is 134 cm³/mol. The molecule has 0 heterocycles. The number of halogens is 1. The van der Waals surface area contributed by atoms with Gasteiger partial charge in [-0.3, -0.25) is 9.59 Å². The second-order valence-corrected chi connectivity index (χ2v) is 10.1. The van der Waals surface area contributed by atoms with Crippen LogP contribution in [0.1, 0.15) is 43.9 Å². The molecule has 2 rings (SSSR count). The quantitative estimate of drug-likeness (QED) is 0.435. The first-order valence-electron chi connectivity index (χ1n) is 10.7. The Morgan fingerprint density at radius 3 is 2.23 bits per heavy atom. The van der Waals surface area contributed by atoms with Gasteiger partial charge in [0.1, 0.15) is 6.04 Å². The minimum atomic E-state index is -0.471. The van der Waals surface area contributed by atoms with Crippen LogP contribution in [0.25, 0.3) is 0 Å². The first-order valence-corrected chi connectivity index (χ1v) is 12.7. The molecule has 2 aromatic carbocycles. The monoisotopic (exact) mass is 504 g/mol. The number of benzene rings is 2. The van der Waals surface area contributed by atoms with E-state index in [1.807, 2.05) is 50.2 Å². The lowest BCUT2D eigenvalue weighted by molar-refractivity contribution is -0.139. The molecule has 0 saturated carbocycles. The summed E-state index contributed by atoms with van der Waals surface area (Å²) >= 11 is 5.03. The maximum absolute atomic E-state index is 13.2. The first kappa shape index (κ1) is 25.5. The Hall–Kier alpha value is -1.79. The van der Waals surface area contributed by atoms with E-state index in [1.54, 1.807) is 16.7 Å². The van der Waals surface area contributed by atoms with Crippen LogP contribution in [-0.4, -0.2) is 35.1 Å². The van der Waals surface area contributed by atoms with Gasteiger partial charge in [0.15, 0.2) is 0 Å². The van der Waals surface area contributed by atoms with E-state index in [9.17, 15) is 9.59 Å². The van der Waals surface area contributed by atoms with Crippen LogP contribution in [0.2, 0.25) is 0 Å². The summed E-state index contributed by atoms with van der Waals surface area (Å²) in [4.78, 5) is 27.8. The summed E-state index contributed by atoms with van der Waals surface area (Å²) in [6.45, 7) is 9.18. The van der Waals surface area contributed by atoms with Gasteiger partial charge in [-0.15, -0.1) is 11.8 Å². The highest BCUT2D eigenvalue weighted by Gasteiger charge is 2.28. The minimum absolute atomic E-state index is 0.00534. The van der Waals surface area contributed by atoms with Gasteiger partial charge in [0.25, 0.3) is 0 Å². The molecule has 0 aliphatic heterocycles. The van der Waals surface area contributed by atoms with E-state index in [1.165, 1.54) is 11.1 Å². The van der Waals surface area contributed by atoms with Gasteiger partial charge in [-0.2, -0.15) is 0 Å². The van der Waals surface area contributed by atoms with Crippen LogP contribution in [0.3, 0.4) is 0 Å². The van der Waals surface area contributed by atoms with Crippen LogP contribution in [0, 0.1) is 12.8 Å². The highest BCUT2D eigenvalue weighted by atomic mass is 79.9. The number of hydrogen-bond acceptors (Lipinski definition) is 3. The van der Waals surface area contributed by atoms with E-state index in [0.29, 0.717) is 31.2 Å². The van der Waals surface area contributed by atoms with Gasteiger partial charge < -0.3 is 10.2 Å². The third-order valence-corrected chi connectivity index (χ3v) is 6.47. The topological polar surface area (TPSA) is 49.4 Å². The lowest BCUT2D eigenvalue weighted by atomic mass is 10.1. The summed E-state index contributed by atoms with van der Waals surface area (Å²) < 4.78 is 1.04. The van der Waals surface area contributed by atoms with Gasteiger partial charge in [0, 0.05) is 23.3 Å². The van der Waals surface area contributed by atoms with Crippen molar-refractivity contribution in [1.82, 2.24) is 10.2 Å². The average Bonchev–Trinajstić information content (AvgIpc) is 2.74. The van der Waals surface area contributed by atoms with Gasteiger partial charge >= 0.3 is 0 Å². The number of amides is 2. The van der Waals surface area contributed by atoms with Gasteiger partial charge in [0.05, 0.1) is 5.75 Å². The van der Waals surface area contributed by atoms with Crippen molar-refractivity contribution in [3.05, 3.63) is 69.7 Å². The van der Waals surface area contributed by atoms with Gasteiger partial charge in [-0.05, 0) is 42.5 Å². The molecule has 1 N–H and O–H groups in total. The fraction of sp³-hybridized carbons (Fsp3) is 0.440. The molecule has 31 heavy (non-hydrogen) atoms. The van der Waals surface area contributed by atoms with E-state index >= 15 is 0 Å². The molecular formula is C25H33BrN2O2S. The van der Waals surface area contributed by atoms with Crippen molar-refractivity contribution in [2.24, 2.45) is 5.92 Å². The molecule has 0 saturated heterocycles. The number of carbonyl (C=O) groups is 2. The normalized spacial score (nSPS) is 11.9. The number of thioether (sulfide) groups is 1. The summed E-state index contributed by atoms with van der Waals surface area (Å²) in [6, 6.07) is 15.8. The lowest BCUT2D eigenvalue weighted by Gasteiger charge is -2.31. The Labute approximate surface area is 199 Å². The molecule has 168 valence electrons. The Kier molecular flexibility index (Phi) is 10.6. The highest BCUT2D eigenvalue weighted by Crippen LogP contribution is 2.19. The average molecular weight is 506 g/mol. The zero-order valence-electron chi connectivity index (χ0n) is 18.9. The summed E-state index contributed by atoms with van der Waals surface area (Å²) in [5, 5.41) is 3.01. The van der Waals surface area contributed by atoms with Crippen LogP contribution < -0.4 is 5.32 Å². The molecule has 0 unspecified atom stereocenters. The second-order valence-electron chi connectivity index (χ2n) is 8.19. The van der Waals surface area contributed by atoms with E-state index < -0.39 is 6.04 Å². The number of aryl methyl sites for hydroxylation is 1. The molecule has 0 aliphatic carbocycles. The van der Waals surface area contributed by atoms with Crippen molar-refractivity contribution in [3.8, 4) is 0 Å². The third kappa shape index (κ3) is 8.69. The summed E-state index contributed by atoms with van der Waals surface area (Å²) in [6.07, 6.45) is 0.582. The molecular weight excluding hydrogens is 472 g/mol. The van der Waals surface area contributed by atoms with Gasteiger partial charge in [0.2, 0.25) is 11.8 Å². The molecule has 2 aromatic rings. The van der Waals surface area contributed by atoms with Crippen molar-refractivity contribution in [2.45, 2.75) is 52.5 Å². The molecule has 0 fully saturated rings. The molecule has 0 bridgehead atoms. The first-order chi connectivity index (χ1) is 14.8. The zero-order chi connectivity index (χ0) is 22.8. The molecule has 0 spiro atoms. The lowest BCUT2D eigenvalue weighted by Crippen LogP contribution is -2.50. The van der Waals surface area contributed by atoms with Crippen molar-refractivity contribution in [1.29, 1.82) is 0 Å². The number of nitrogens with zero attached hydrogens (tertiary/aromatic N) is 1. The zero-order valence-corrected chi connectivity index (χ0v) is 21.3. The molecule has 1 atom stereocenters. The molecule has 6 heteroatoms. The van der Waals surface area contributed by atoms with Crippen LogP contribution in [0.5, 0.6) is 0 Å². The Bertz CT molecular complexity index is 838. The van der Waals surface area contributed by atoms with Crippen LogP contribution in [-0.2, 0) is 21.9 Å². The van der Waals surface area contributed by atoms with Crippen molar-refractivity contribution < 1.29 is 9.59 Å². The van der Waals surface area contributed by atoms with Crippen LogP contribution in [0.4, 0.5) is 0 Å². The maximum Gasteiger partial charge on any atom is 0.242 e. The minimum Gasteiger partial charge on any atom is -0.354 e. The second kappa shape index (κ2) is 12.9.